The maximum Gasteiger partial charge on any atom is 0.315 e. The highest BCUT2D eigenvalue weighted by atomic mass is 16.5. The first-order valence-electron chi connectivity index (χ1n) is 5.05. The zero-order chi connectivity index (χ0) is 12.1. The highest BCUT2D eigenvalue weighted by molar-refractivity contribution is 5.71. The van der Waals surface area contributed by atoms with Crippen LogP contribution in [0.2, 0.25) is 0 Å². The summed E-state index contributed by atoms with van der Waals surface area (Å²) in [4.78, 5) is 19.1. The number of aromatic nitrogens is 3. The zero-order valence-electron chi connectivity index (χ0n) is 9.29. The van der Waals surface area contributed by atoms with Gasteiger partial charge < -0.3 is 9.26 Å². The predicted molar refractivity (Wildman–Crippen MR) is 57.1 cm³/mol. The third-order valence-corrected chi connectivity index (χ3v) is 2.12. The third-order valence-electron chi connectivity index (χ3n) is 2.12. The topological polar surface area (TPSA) is 78.1 Å². The lowest BCUT2D eigenvalue weighted by Crippen LogP contribution is -2.04. The fourth-order valence-corrected chi connectivity index (χ4v) is 1.31. The molecule has 2 rings (SSSR count). The van der Waals surface area contributed by atoms with Gasteiger partial charge in [-0.1, -0.05) is 11.2 Å². The van der Waals surface area contributed by atoms with E-state index in [0.29, 0.717) is 12.2 Å². The van der Waals surface area contributed by atoms with Crippen LogP contribution in [0.4, 0.5) is 0 Å². The van der Waals surface area contributed by atoms with Crippen LogP contribution < -0.4 is 0 Å². The van der Waals surface area contributed by atoms with E-state index < -0.39 is 5.97 Å². The molecule has 0 saturated carbocycles. The second-order valence-electron chi connectivity index (χ2n) is 3.40. The van der Waals surface area contributed by atoms with Crippen LogP contribution in [-0.4, -0.2) is 28.2 Å². The Kier molecular flexibility index (Phi) is 3.44. The molecule has 0 amide bonds. The van der Waals surface area contributed by atoms with Crippen molar-refractivity contribution >= 4 is 5.97 Å². The molecule has 0 N–H and O–H groups in total. The van der Waals surface area contributed by atoms with Crippen LogP contribution in [0.5, 0.6) is 0 Å². The zero-order valence-corrected chi connectivity index (χ0v) is 9.29. The van der Waals surface area contributed by atoms with E-state index in [1.54, 1.807) is 12.4 Å². The maximum atomic E-state index is 11.0. The Morgan fingerprint density at radius 1 is 1.53 bits per heavy atom. The molecular formula is C11H11N3O3. The fraction of sp³-hybridized carbons (Fsp3) is 0.273. The SMILES string of the molecule is COC(=O)Cc1nc(Cc2cccnc2)no1. The number of rotatable bonds is 4. The summed E-state index contributed by atoms with van der Waals surface area (Å²) in [6.07, 6.45) is 3.95. The molecule has 0 spiro atoms. The van der Waals surface area contributed by atoms with Crippen LogP contribution in [0.1, 0.15) is 17.3 Å². The number of carbonyl (C=O) groups excluding carboxylic acids is 1. The normalized spacial score (nSPS) is 10.2. The summed E-state index contributed by atoms with van der Waals surface area (Å²) in [5, 5.41) is 3.78. The maximum absolute atomic E-state index is 11.0. The van der Waals surface area contributed by atoms with Gasteiger partial charge in [-0.25, -0.2) is 0 Å². The molecule has 17 heavy (non-hydrogen) atoms. The number of ether oxygens (including phenoxy) is 1. The summed E-state index contributed by atoms with van der Waals surface area (Å²) < 4.78 is 9.43. The van der Waals surface area contributed by atoms with Crippen LogP contribution in [0.3, 0.4) is 0 Å². The van der Waals surface area contributed by atoms with Crippen molar-refractivity contribution in [1.82, 2.24) is 15.1 Å². The molecule has 0 unspecified atom stereocenters. The molecule has 0 atom stereocenters. The van der Waals surface area contributed by atoms with Crippen molar-refractivity contribution in [3.8, 4) is 0 Å². The van der Waals surface area contributed by atoms with Crippen molar-refractivity contribution < 1.29 is 14.1 Å². The van der Waals surface area contributed by atoms with E-state index in [2.05, 4.69) is 19.9 Å². The summed E-state index contributed by atoms with van der Waals surface area (Å²) in [7, 11) is 1.31. The minimum absolute atomic E-state index is 0.00343. The minimum Gasteiger partial charge on any atom is -0.469 e. The van der Waals surface area contributed by atoms with Gasteiger partial charge in [-0.2, -0.15) is 4.98 Å². The van der Waals surface area contributed by atoms with E-state index >= 15 is 0 Å². The number of methoxy groups -OCH3 is 1. The van der Waals surface area contributed by atoms with Gasteiger partial charge in [-0.3, -0.25) is 9.78 Å². The number of nitrogens with zero attached hydrogens (tertiary/aromatic N) is 3. The lowest BCUT2D eigenvalue weighted by atomic mass is 10.2. The van der Waals surface area contributed by atoms with Gasteiger partial charge in [0.15, 0.2) is 5.82 Å². The predicted octanol–water partition coefficient (Wildman–Crippen LogP) is 0.771. The molecule has 0 saturated heterocycles. The molecule has 0 aromatic carbocycles. The molecule has 2 heterocycles. The Labute approximate surface area is 97.6 Å². The van der Waals surface area contributed by atoms with Gasteiger partial charge in [0.25, 0.3) is 0 Å². The summed E-state index contributed by atoms with van der Waals surface area (Å²) in [6.45, 7) is 0. The standard InChI is InChI=1S/C11H11N3O3/c1-16-11(15)6-10-13-9(14-17-10)5-8-3-2-4-12-7-8/h2-4,7H,5-6H2,1H3. The van der Waals surface area contributed by atoms with Crippen LogP contribution >= 0.6 is 0 Å². The molecule has 0 radical (unpaired) electrons. The third kappa shape index (κ3) is 3.10. The molecule has 2 aromatic rings. The van der Waals surface area contributed by atoms with Crippen molar-refractivity contribution in [2.45, 2.75) is 12.8 Å². The largest absolute Gasteiger partial charge is 0.469 e. The Morgan fingerprint density at radius 2 is 2.41 bits per heavy atom. The van der Waals surface area contributed by atoms with Gasteiger partial charge in [-0.05, 0) is 11.6 Å². The Balaban J connectivity index is 2.01. The first kappa shape index (κ1) is 11.3. The smallest absolute Gasteiger partial charge is 0.315 e. The average molecular weight is 233 g/mol. The Hall–Kier alpha value is -2.24. The number of pyridine rings is 1. The Morgan fingerprint density at radius 3 is 3.12 bits per heavy atom. The average Bonchev–Trinajstić information content (AvgIpc) is 2.77. The van der Waals surface area contributed by atoms with E-state index in [4.69, 9.17) is 4.52 Å². The lowest BCUT2D eigenvalue weighted by molar-refractivity contribution is -0.140. The van der Waals surface area contributed by atoms with Crippen molar-refractivity contribution in [1.29, 1.82) is 0 Å². The first-order valence-corrected chi connectivity index (χ1v) is 5.05. The molecule has 88 valence electrons. The van der Waals surface area contributed by atoms with Crippen molar-refractivity contribution in [3.63, 3.8) is 0 Å². The van der Waals surface area contributed by atoms with Gasteiger partial charge in [0, 0.05) is 18.8 Å². The highest BCUT2D eigenvalue weighted by Crippen LogP contribution is 2.06. The second kappa shape index (κ2) is 5.20. The van der Waals surface area contributed by atoms with Crippen LogP contribution in [0.25, 0.3) is 0 Å². The van der Waals surface area contributed by atoms with Crippen molar-refractivity contribution in [3.05, 3.63) is 41.8 Å². The highest BCUT2D eigenvalue weighted by Gasteiger charge is 2.11. The number of esters is 1. The van der Waals surface area contributed by atoms with Gasteiger partial charge in [-0.15, -0.1) is 0 Å². The van der Waals surface area contributed by atoms with E-state index in [9.17, 15) is 4.79 Å². The van der Waals surface area contributed by atoms with Crippen molar-refractivity contribution in [2.75, 3.05) is 7.11 Å². The molecule has 0 fully saturated rings. The summed E-state index contributed by atoms with van der Waals surface area (Å²) in [5.74, 6) is 0.384. The Bertz CT molecular complexity index is 496. The van der Waals surface area contributed by atoms with Crippen molar-refractivity contribution in [2.24, 2.45) is 0 Å². The molecule has 6 nitrogen and oxygen atoms in total. The first-order chi connectivity index (χ1) is 8.28. The quantitative estimate of drug-likeness (QED) is 0.726. The number of hydrogen-bond donors (Lipinski definition) is 0. The monoisotopic (exact) mass is 233 g/mol. The van der Waals surface area contributed by atoms with Gasteiger partial charge in [0.05, 0.1) is 7.11 Å². The van der Waals surface area contributed by atoms with Gasteiger partial charge in [0.2, 0.25) is 5.89 Å². The van der Waals surface area contributed by atoms with E-state index in [1.165, 1.54) is 7.11 Å². The number of hydrogen-bond acceptors (Lipinski definition) is 6. The van der Waals surface area contributed by atoms with E-state index in [0.717, 1.165) is 5.56 Å². The molecule has 6 heteroatoms. The summed E-state index contributed by atoms with van der Waals surface area (Å²) in [5.41, 5.74) is 0.984. The summed E-state index contributed by atoms with van der Waals surface area (Å²) in [6, 6.07) is 3.76. The van der Waals surface area contributed by atoms with Crippen LogP contribution in [0.15, 0.2) is 29.0 Å². The van der Waals surface area contributed by atoms with Crippen LogP contribution in [0, 0.1) is 0 Å². The van der Waals surface area contributed by atoms with E-state index in [-0.39, 0.29) is 12.3 Å². The summed E-state index contributed by atoms with van der Waals surface area (Å²) >= 11 is 0. The molecule has 0 aliphatic carbocycles. The minimum atomic E-state index is -0.401. The molecule has 2 aromatic heterocycles. The molecular weight excluding hydrogens is 222 g/mol. The van der Waals surface area contributed by atoms with Gasteiger partial charge >= 0.3 is 5.97 Å². The molecule has 0 aliphatic rings. The molecule has 0 aliphatic heterocycles. The number of carbonyl (C=O) groups is 1. The van der Waals surface area contributed by atoms with Crippen LogP contribution in [-0.2, 0) is 22.4 Å². The fourth-order valence-electron chi connectivity index (χ4n) is 1.31. The van der Waals surface area contributed by atoms with E-state index in [1.807, 2.05) is 12.1 Å². The second-order valence-corrected chi connectivity index (χ2v) is 3.40. The van der Waals surface area contributed by atoms with Gasteiger partial charge in [0.1, 0.15) is 6.42 Å². The molecule has 0 bridgehead atoms. The lowest BCUT2D eigenvalue weighted by Gasteiger charge is -1.93.